The van der Waals surface area contributed by atoms with Gasteiger partial charge in [-0.25, -0.2) is 4.98 Å². The molecule has 4 rings (SSSR count). The lowest BCUT2D eigenvalue weighted by Gasteiger charge is -2.24. The van der Waals surface area contributed by atoms with Gasteiger partial charge < -0.3 is 10.6 Å². The minimum Gasteiger partial charge on any atom is -0.347 e. The minimum atomic E-state index is -0.477. The lowest BCUT2D eigenvalue weighted by molar-refractivity contribution is -0.124. The Labute approximate surface area is 192 Å². The Morgan fingerprint density at radius 1 is 1.33 bits per heavy atom. The SMILES string of the molecule is CSCC[C@@H](NC(=O)C[C@@H]1Sc2ccc(Cl)cc2NC1=O)c1nc2ccccc2s1. The zero-order chi connectivity index (χ0) is 21.1. The fraction of sp³-hybridized carbons (Fsp3) is 0.286. The first-order valence-electron chi connectivity index (χ1n) is 9.44. The minimum absolute atomic E-state index is 0.110. The number of carbonyl (C=O) groups is 2. The van der Waals surface area contributed by atoms with Crippen molar-refractivity contribution >= 4 is 74.2 Å². The molecule has 0 spiro atoms. The van der Waals surface area contributed by atoms with Crippen LogP contribution in [0.3, 0.4) is 0 Å². The summed E-state index contributed by atoms with van der Waals surface area (Å²) in [4.78, 5) is 30.9. The summed E-state index contributed by atoms with van der Waals surface area (Å²) in [5.41, 5.74) is 1.64. The molecule has 2 atom stereocenters. The first-order chi connectivity index (χ1) is 14.5. The number of benzene rings is 2. The molecule has 0 unspecified atom stereocenters. The molecular formula is C21H20ClN3O2S3. The third-order valence-electron chi connectivity index (χ3n) is 4.69. The van der Waals surface area contributed by atoms with Gasteiger partial charge in [0.05, 0.1) is 27.2 Å². The summed E-state index contributed by atoms with van der Waals surface area (Å²) < 4.78 is 1.10. The molecule has 9 heteroatoms. The maximum atomic E-state index is 12.8. The molecule has 0 fully saturated rings. The lowest BCUT2D eigenvalue weighted by atomic mass is 10.2. The number of hydrogen-bond donors (Lipinski definition) is 2. The molecule has 156 valence electrons. The highest BCUT2D eigenvalue weighted by Gasteiger charge is 2.30. The number of thiazole rings is 1. The number of nitrogens with zero attached hydrogens (tertiary/aromatic N) is 1. The Hall–Kier alpha value is -1.74. The molecule has 5 nitrogen and oxygen atoms in total. The summed E-state index contributed by atoms with van der Waals surface area (Å²) in [6, 6.07) is 13.2. The van der Waals surface area contributed by atoms with Gasteiger partial charge in [0.1, 0.15) is 5.01 Å². The number of fused-ring (bicyclic) bond motifs is 2. The average Bonchev–Trinajstić information content (AvgIpc) is 3.16. The van der Waals surface area contributed by atoms with Crippen molar-refractivity contribution in [1.29, 1.82) is 0 Å². The fourth-order valence-corrected chi connectivity index (χ4v) is 6.00. The second-order valence-corrected chi connectivity index (χ2v) is 10.6. The van der Waals surface area contributed by atoms with Crippen LogP contribution in [0.25, 0.3) is 10.2 Å². The second kappa shape index (κ2) is 9.60. The van der Waals surface area contributed by atoms with E-state index in [1.54, 1.807) is 35.2 Å². The molecule has 1 aliphatic rings. The van der Waals surface area contributed by atoms with Crippen LogP contribution in [-0.2, 0) is 9.59 Å². The predicted octanol–water partition coefficient (Wildman–Crippen LogP) is 5.36. The highest BCUT2D eigenvalue weighted by molar-refractivity contribution is 8.01. The number of carbonyl (C=O) groups excluding carboxylic acids is 2. The van der Waals surface area contributed by atoms with Crippen molar-refractivity contribution in [3.8, 4) is 0 Å². The number of anilines is 1. The standard InChI is InChI=1S/C21H20ClN3O2S3/c1-28-9-8-14(21-25-13-4-2-3-5-16(13)30-21)23-19(26)11-18-20(27)24-15-10-12(22)6-7-17(15)29-18/h2-7,10,14,18H,8-9,11H2,1H3,(H,23,26)(H,24,27)/t14-,18+/m1/s1. The average molecular weight is 478 g/mol. The van der Waals surface area contributed by atoms with Crippen molar-refractivity contribution in [3.05, 3.63) is 52.5 Å². The molecule has 2 heterocycles. The van der Waals surface area contributed by atoms with Gasteiger partial charge in [-0.1, -0.05) is 23.7 Å². The van der Waals surface area contributed by atoms with Crippen molar-refractivity contribution in [2.45, 2.75) is 29.0 Å². The highest BCUT2D eigenvalue weighted by Crippen LogP contribution is 2.38. The molecule has 0 saturated heterocycles. The number of aromatic nitrogens is 1. The van der Waals surface area contributed by atoms with E-state index < -0.39 is 5.25 Å². The zero-order valence-corrected chi connectivity index (χ0v) is 19.4. The Kier molecular flexibility index (Phi) is 6.87. The summed E-state index contributed by atoms with van der Waals surface area (Å²) >= 11 is 10.7. The number of amides is 2. The number of thioether (sulfide) groups is 2. The number of halogens is 1. The molecule has 1 aliphatic heterocycles. The first kappa shape index (κ1) is 21.5. The van der Waals surface area contributed by atoms with E-state index in [2.05, 4.69) is 10.6 Å². The molecule has 2 aromatic carbocycles. The molecule has 0 radical (unpaired) electrons. The van der Waals surface area contributed by atoms with E-state index in [0.29, 0.717) is 10.7 Å². The normalized spacial score (nSPS) is 16.7. The van der Waals surface area contributed by atoms with Crippen LogP contribution in [0.5, 0.6) is 0 Å². The van der Waals surface area contributed by atoms with Gasteiger partial charge in [-0.05, 0) is 48.8 Å². The van der Waals surface area contributed by atoms with E-state index in [0.717, 1.165) is 32.3 Å². The molecule has 3 aromatic rings. The topological polar surface area (TPSA) is 71.1 Å². The van der Waals surface area contributed by atoms with E-state index in [4.69, 9.17) is 16.6 Å². The monoisotopic (exact) mass is 477 g/mol. The van der Waals surface area contributed by atoms with Crippen molar-refractivity contribution in [3.63, 3.8) is 0 Å². The summed E-state index contributed by atoms with van der Waals surface area (Å²) in [5.74, 6) is 0.587. The first-order valence-corrected chi connectivity index (χ1v) is 12.9. The van der Waals surface area contributed by atoms with Crippen LogP contribution in [0.2, 0.25) is 5.02 Å². The Bertz CT molecular complexity index is 1060. The predicted molar refractivity (Wildman–Crippen MR) is 128 cm³/mol. The molecule has 0 saturated carbocycles. The van der Waals surface area contributed by atoms with Crippen LogP contribution >= 0.6 is 46.5 Å². The third kappa shape index (κ3) is 4.94. The summed E-state index contributed by atoms with van der Waals surface area (Å²) in [5, 5.41) is 6.96. The van der Waals surface area contributed by atoms with Crippen LogP contribution < -0.4 is 10.6 Å². The number of hydrogen-bond acceptors (Lipinski definition) is 6. The Balaban J connectivity index is 1.46. The smallest absolute Gasteiger partial charge is 0.238 e. The zero-order valence-electron chi connectivity index (χ0n) is 16.2. The molecule has 1 aromatic heterocycles. The largest absolute Gasteiger partial charge is 0.347 e. The van der Waals surface area contributed by atoms with Crippen LogP contribution in [0, 0.1) is 0 Å². The number of rotatable bonds is 7. The highest BCUT2D eigenvalue weighted by atomic mass is 35.5. The summed E-state index contributed by atoms with van der Waals surface area (Å²) in [6.45, 7) is 0. The van der Waals surface area contributed by atoms with Crippen LogP contribution in [0.4, 0.5) is 5.69 Å². The van der Waals surface area contributed by atoms with Gasteiger partial charge in [-0.3, -0.25) is 9.59 Å². The molecule has 30 heavy (non-hydrogen) atoms. The molecule has 0 aliphatic carbocycles. The Morgan fingerprint density at radius 3 is 2.97 bits per heavy atom. The van der Waals surface area contributed by atoms with Crippen LogP contribution in [0.1, 0.15) is 23.9 Å². The van der Waals surface area contributed by atoms with Gasteiger partial charge in [0.15, 0.2) is 0 Å². The summed E-state index contributed by atoms with van der Waals surface area (Å²) in [6.07, 6.45) is 2.95. The quantitative estimate of drug-likeness (QED) is 0.479. The fourth-order valence-electron chi connectivity index (χ4n) is 3.21. The van der Waals surface area contributed by atoms with E-state index in [-0.39, 0.29) is 24.3 Å². The van der Waals surface area contributed by atoms with Crippen molar-refractivity contribution < 1.29 is 9.59 Å². The summed E-state index contributed by atoms with van der Waals surface area (Å²) in [7, 11) is 0. The maximum Gasteiger partial charge on any atom is 0.238 e. The van der Waals surface area contributed by atoms with Crippen LogP contribution in [-0.4, -0.2) is 34.1 Å². The number of nitrogens with one attached hydrogen (secondary N) is 2. The van der Waals surface area contributed by atoms with Gasteiger partial charge in [0.2, 0.25) is 11.8 Å². The van der Waals surface area contributed by atoms with Gasteiger partial charge >= 0.3 is 0 Å². The maximum absolute atomic E-state index is 12.8. The second-order valence-electron chi connectivity index (χ2n) is 6.86. The van der Waals surface area contributed by atoms with Crippen LogP contribution in [0.15, 0.2) is 47.4 Å². The third-order valence-corrected chi connectivity index (χ3v) is 7.99. The number of para-hydroxylation sites is 1. The van der Waals surface area contributed by atoms with Crippen molar-refractivity contribution in [1.82, 2.24) is 10.3 Å². The van der Waals surface area contributed by atoms with Gasteiger partial charge in [0.25, 0.3) is 0 Å². The van der Waals surface area contributed by atoms with E-state index in [1.807, 2.05) is 36.6 Å². The Morgan fingerprint density at radius 2 is 2.17 bits per heavy atom. The van der Waals surface area contributed by atoms with E-state index in [1.165, 1.54) is 11.8 Å². The lowest BCUT2D eigenvalue weighted by Crippen LogP contribution is -2.36. The molecular weight excluding hydrogens is 458 g/mol. The van der Waals surface area contributed by atoms with Gasteiger partial charge in [0, 0.05) is 16.3 Å². The molecule has 2 amide bonds. The van der Waals surface area contributed by atoms with Gasteiger partial charge in [-0.2, -0.15) is 11.8 Å². The molecule has 0 bridgehead atoms. The van der Waals surface area contributed by atoms with Crippen molar-refractivity contribution in [2.75, 3.05) is 17.3 Å². The van der Waals surface area contributed by atoms with Gasteiger partial charge in [-0.15, -0.1) is 23.1 Å². The van der Waals surface area contributed by atoms with Crippen molar-refractivity contribution in [2.24, 2.45) is 0 Å². The molecule has 2 N–H and O–H groups in total. The van der Waals surface area contributed by atoms with E-state index >= 15 is 0 Å². The van der Waals surface area contributed by atoms with E-state index in [9.17, 15) is 9.59 Å².